The Labute approximate surface area is 163 Å². The number of carboxylic acid groups (broad SMARTS) is 1. The summed E-state index contributed by atoms with van der Waals surface area (Å²) in [5, 5.41) is 12.4. The highest BCUT2D eigenvalue weighted by Crippen LogP contribution is 2.45. The van der Waals surface area contributed by atoms with E-state index < -0.39 is 5.97 Å². The maximum Gasteiger partial charge on any atom is 0.317 e. The molecule has 27 heavy (non-hydrogen) atoms. The number of carboxylic acids is 1. The lowest BCUT2D eigenvalue weighted by atomic mass is 10.0. The lowest BCUT2D eigenvalue weighted by Crippen LogP contribution is -2.50. The van der Waals surface area contributed by atoms with Gasteiger partial charge in [0.25, 0.3) is 0 Å². The number of piperidine rings is 1. The largest absolute Gasteiger partial charge is 0.480 e. The van der Waals surface area contributed by atoms with Gasteiger partial charge in [0.2, 0.25) is 0 Å². The summed E-state index contributed by atoms with van der Waals surface area (Å²) in [5.74, 6) is -1.24. The van der Waals surface area contributed by atoms with Crippen LogP contribution >= 0.6 is 11.6 Å². The van der Waals surface area contributed by atoms with E-state index in [4.69, 9.17) is 16.7 Å². The standard InChI is InChI=1S/C19H25ClFN3O3/c1-2-23(11-17(25)26)12-6-8-24(9-7-12)19(27)22-16-10-13(16)18-14(20)4-3-5-15(18)21/h3-5,12-13,16H,2,6-11H2,1H3,(H,22,27)(H,25,26)/t13-,16-/m1/s1. The van der Waals surface area contributed by atoms with Gasteiger partial charge in [0.1, 0.15) is 5.82 Å². The van der Waals surface area contributed by atoms with Gasteiger partial charge in [-0.2, -0.15) is 0 Å². The van der Waals surface area contributed by atoms with E-state index in [2.05, 4.69) is 5.32 Å². The summed E-state index contributed by atoms with van der Waals surface area (Å²) in [6, 6.07) is 4.57. The number of rotatable bonds is 6. The van der Waals surface area contributed by atoms with E-state index in [1.54, 1.807) is 17.0 Å². The fourth-order valence-electron chi connectivity index (χ4n) is 3.90. The minimum atomic E-state index is -0.830. The Balaban J connectivity index is 1.49. The van der Waals surface area contributed by atoms with E-state index >= 15 is 0 Å². The highest BCUT2D eigenvalue weighted by molar-refractivity contribution is 6.31. The van der Waals surface area contributed by atoms with Gasteiger partial charge in [0, 0.05) is 41.7 Å². The van der Waals surface area contributed by atoms with Gasteiger partial charge < -0.3 is 15.3 Å². The molecule has 2 atom stereocenters. The first-order chi connectivity index (χ1) is 12.9. The smallest absolute Gasteiger partial charge is 0.317 e. The van der Waals surface area contributed by atoms with Gasteiger partial charge in [-0.3, -0.25) is 9.69 Å². The van der Waals surface area contributed by atoms with Crippen molar-refractivity contribution >= 4 is 23.6 Å². The number of hydrogen-bond donors (Lipinski definition) is 2. The minimum absolute atomic E-state index is 0.0283. The van der Waals surface area contributed by atoms with Crippen molar-refractivity contribution < 1.29 is 19.1 Å². The molecule has 1 saturated carbocycles. The average Bonchev–Trinajstić information content (AvgIpc) is 3.38. The van der Waals surface area contributed by atoms with Crippen LogP contribution in [0.4, 0.5) is 9.18 Å². The van der Waals surface area contributed by atoms with Gasteiger partial charge >= 0.3 is 12.0 Å². The maximum absolute atomic E-state index is 14.0. The number of aliphatic carboxylic acids is 1. The van der Waals surface area contributed by atoms with Crippen LogP contribution in [0.25, 0.3) is 0 Å². The van der Waals surface area contributed by atoms with Crippen molar-refractivity contribution in [2.75, 3.05) is 26.2 Å². The zero-order valence-electron chi connectivity index (χ0n) is 15.3. The predicted octanol–water partition coefficient (Wildman–Crippen LogP) is 2.92. The van der Waals surface area contributed by atoms with Crippen LogP contribution in [0.3, 0.4) is 0 Å². The number of likely N-dealkylation sites (N-methyl/N-ethyl adjacent to an activating group) is 1. The second kappa shape index (κ2) is 8.44. The van der Waals surface area contributed by atoms with Crippen molar-refractivity contribution in [1.82, 2.24) is 15.1 Å². The molecule has 2 amide bonds. The summed E-state index contributed by atoms with van der Waals surface area (Å²) in [7, 11) is 0. The number of urea groups is 1. The molecule has 6 nitrogen and oxygen atoms in total. The van der Waals surface area contributed by atoms with Crippen LogP contribution in [-0.2, 0) is 4.79 Å². The molecule has 2 fully saturated rings. The lowest BCUT2D eigenvalue weighted by Gasteiger charge is -2.37. The molecule has 148 valence electrons. The molecule has 0 spiro atoms. The molecule has 0 aromatic heterocycles. The third kappa shape index (κ3) is 4.71. The number of carbonyl (C=O) groups excluding carboxylic acids is 1. The van der Waals surface area contributed by atoms with E-state index in [9.17, 15) is 14.0 Å². The fraction of sp³-hybridized carbons (Fsp3) is 0.579. The van der Waals surface area contributed by atoms with Gasteiger partial charge in [-0.15, -0.1) is 0 Å². The van der Waals surface area contributed by atoms with Crippen molar-refractivity contribution in [2.45, 2.75) is 44.2 Å². The second-order valence-electron chi connectivity index (χ2n) is 7.21. The van der Waals surface area contributed by atoms with Crippen LogP contribution < -0.4 is 5.32 Å². The van der Waals surface area contributed by atoms with Crippen LogP contribution in [0.5, 0.6) is 0 Å². The number of nitrogens with zero attached hydrogens (tertiary/aromatic N) is 2. The molecule has 2 aliphatic rings. The predicted molar refractivity (Wildman–Crippen MR) is 101 cm³/mol. The van der Waals surface area contributed by atoms with Crippen molar-refractivity contribution in [3.8, 4) is 0 Å². The van der Waals surface area contributed by atoms with Crippen molar-refractivity contribution in [2.24, 2.45) is 0 Å². The number of carbonyl (C=O) groups is 2. The van der Waals surface area contributed by atoms with Gasteiger partial charge in [0.05, 0.1) is 6.54 Å². The fourth-order valence-corrected chi connectivity index (χ4v) is 4.20. The first-order valence-corrected chi connectivity index (χ1v) is 9.73. The monoisotopic (exact) mass is 397 g/mol. The molecule has 1 saturated heterocycles. The van der Waals surface area contributed by atoms with E-state index in [1.165, 1.54) is 6.07 Å². The normalized spacial score (nSPS) is 22.7. The average molecular weight is 398 g/mol. The number of benzene rings is 1. The van der Waals surface area contributed by atoms with Crippen LogP contribution in [-0.4, -0.2) is 65.2 Å². The van der Waals surface area contributed by atoms with Crippen molar-refractivity contribution in [3.63, 3.8) is 0 Å². The summed E-state index contributed by atoms with van der Waals surface area (Å²) in [6.07, 6.45) is 2.19. The topological polar surface area (TPSA) is 72.9 Å². The first kappa shape index (κ1) is 19.9. The Morgan fingerprint density at radius 1 is 1.37 bits per heavy atom. The van der Waals surface area contributed by atoms with Crippen LogP contribution in [0, 0.1) is 5.82 Å². The van der Waals surface area contributed by atoms with Crippen LogP contribution in [0.1, 0.15) is 37.7 Å². The van der Waals surface area contributed by atoms with Crippen molar-refractivity contribution in [1.29, 1.82) is 0 Å². The minimum Gasteiger partial charge on any atom is -0.480 e. The van der Waals surface area contributed by atoms with Gasteiger partial charge in [0.15, 0.2) is 0 Å². The Bertz CT molecular complexity index is 689. The zero-order valence-corrected chi connectivity index (χ0v) is 16.1. The molecule has 0 radical (unpaired) electrons. The molecule has 0 bridgehead atoms. The molecule has 8 heteroatoms. The van der Waals surface area contributed by atoms with Gasteiger partial charge in [-0.25, -0.2) is 9.18 Å². The maximum atomic E-state index is 14.0. The summed E-state index contributed by atoms with van der Waals surface area (Å²) >= 11 is 6.10. The van der Waals surface area contributed by atoms with Gasteiger partial charge in [-0.05, 0) is 37.9 Å². The quantitative estimate of drug-likeness (QED) is 0.774. The van der Waals surface area contributed by atoms with E-state index in [0.29, 0.717) is 36.6 Å². The Morgan fingerprint density at radius 2 is 2.07 bits per heavy atom. The molecule has 3 rings (SSSR count). The molecular formula is C19H25ClFN3O3. The first-order valence-electron chi connectivity index (χ1n) is 9.35. The molecule has 1 aliphatic heterocycles. The second-order valence-corrected chi connectivity index (χ2v) is 7.62. The third-order valence-electron chi connectivity index (χ3n) is 5.48. The number of halogens is 2. The lowest BCUT2D eigenvalue weighted by molar-refractivity contribution is -0.139. The summed E-state index contributed by atoms with van der Waals surface area (Å²) < 4.78 is 14.0. The highest BCUT2D eigenvalue weighted by atomic mass is 35.5. The number of hydrogen-bond acceptors (Lipinski definition) is 3. The summed E-state index contributed by atoms with van der Waals surface area (Å²) in [4.78, 5) is 27.1. The molecule has 1 aromatic carbocycles. The van der Waals surface area contributed by atoms with E-state index in [1.807, 2.05) is 11.8 Å². The molecule has 1 aliphatic carbocycles. The summed E-state index contributed by atoms with van der Waals surface area (Å²) in [6.45, 7) is 3.83. The molecular weight excluding hydrogens is 373 g/mol. The van der Waals surface area contributed by atoms with Gasteiger partial charge in [-0.1, -0.05) is 24.6 Å². The third-order valence-corrected chi connectivity index (χ3v) is 5.81. The van der Waals surface area contributed by atoms with E-state index in [0.717, 1.165) is 12.8 Å². The highest BCUT2D eigenvalue weighted by Gasteiger charge is 2.43. The van der Waals surface area contributed by atoms with E-state index in [-0.39, 0.29) is 36.4 Å². The molecule has 1 heterocycles. The Morgan fingerprint density at radius 3 is 2.67 bits per heavy atom. The zero-order chi connectivity index (χ0) is 19.6. The Kier molecular flexibility index (Phi) is 6.22. The Hall–Kier alpha value is -1.86. The number of amides is 2. The van der Waals surface area contributed by atoms with Crippen LogP contribution in [0.2, 0.25) is 5.02 Å². The number of nitrogens with one attached hydrogen (secondary N) is 1. The molecule has 0 unspecified atom stereocenters. The SMILES string of the molecule is CCN(CC(=O)O)C1CCN(C(=O)N[C@@H]2C[C@H]2c2c(F)cccc2Cl)CC1. The molecule has 2 N–H and O–H groups in total. The van der Waals surface area contributed by atoms with Crippen molar-refractivity contribution in [3.05, 3.63) is 34.6 Å². The van der Waals surface area contributed by atoms with Crippen LogP contribution in [0.15, 0.2) is 18.2 Å². The molecule has 1 aromatic rings. The summed E-state index contributed by atoms with van der Waals surface area (Å²) in [5.41, 5.74) is 0.482. The number of likely N-dealkylation sites (tertiary alicyclic amines) is 1.